The first-order valence-corrected chi connectivity index (χ1v) is 6.73. The molecule has 1 heterocycles. The highest BCUT2D eigenvalue weighted by Gasteiger charge is 2.21. The van der Waals surface area contributed by atoms with Crippen LogP contribution in [0.3, 0.4) is 0 Å². The minimum atomic E-state index is 0.352. The van der Waals surface area contributed by atoms with Crippen LogP contribution in [0.15, 0.2) is 18.2 Å². The Hall–Kier alpha value is -1.06. The van der Waals surface area contributed by atoms with Gasteiger partial charge >= 0.3 is 0 Å². The number of ether oxygens (including phenoxy) is 1. The third kappa shape index (κ3) is 3.03. The van der Waals surface area contributed by atoms with Crippen LogP contribution in [0.2, 0.25) is 5.02 Å². The van der Waals surface area contributed by atoms with Crippen LogP contribution in [0.25, 0.3) is 0 Å². The molecule has 1 aliphatic rings. The number of hydrogen-bond donors (Lipinski definition) is 0. The lowest BCUT2D eigenvalue weighted by Crippen LogP contribution is -2.37. The Labute approximate surface area is 113 Å². The molecule has 1 aromatic rings. The van der Waals surface area contributed by atoms with Crippen molar-refractivity contribution < 1.29 is 9.53 Å². The van der Waals surface area contributed by atoms with E-state index in [9.17, 15) is 4.79 Å². The van der Waals surface area contributed by atoms with Crippen molar-refractivity contribution in [3.05, 3.63) is 28.8 Å². The molecule has 98 valence electrons. The molecule has 0 amide bonds. The molecular weight excluding hydrogens is 250 g/mol. The van der Waals surface area contributed by atoms with Crippen LogP contribution in [0, 0.1) is 0 Å². The van der Waals surface area contributed by atoms with Gasteiger partial charge in [-0.2, -0.15) is 0 Å². The number of rotatable bonds is 4. The number of piperidine rings is 1. The van der Waals surface area contributed by atoms with Crippen LogP contribution in [-0.2, 0) is 4.74 Å². The molecule has 0 radical (unpaired) electrons. The molecule has 0 unspecified atom stereocenters. The molecule has 3 nitrogen and oxygen atoms in total. The number of anilines is 1. The van der Waals surface area contributed by atoms with Gasteiger partial charge in [-0.15, -0.1) is 0 Å². The number of aldehydes is 1. The standard InChI is InChI=1S/C14H18ClNO2/c1-2-18-13-5-7-16(8-6-13)14-9-12(15)4-3-11(14)10-17/h3-4,9-10,13H,2,5-8H2,1H3. The van der Waals surface area contributed by atoms with Crippen LogP contribution < -0.4 is 4.90 Å². The second-order valence-electron chi connectivity index (χ2n) is 4.46. The van der Waals surface area contributed by atoms with Gasteiger partial charge in [0.15, 0.2) is 6.29 Å². The number of carbonyl (C=O) groups is 1. The predicted molar refractivity (Wildman–Crippen MR) is 73.7 cm³/mol. The van der Waals surface area contributed by atoms with Gasteiger partial charge in [-0.3, -0.25) is 4.79 Å². The molecule has 0 spiro atoms. The van der Waals surface area contributed by atoms with Crippen molar-refractivity contribution in [1.29, 1.82) is 0 Å². The van der Waals surface area contributed by atoms with Gasteiger partial charge in [0.1, 0.15) is 0 Å². The minimum absolute atomic E-state index is 0.352. The highest BCUT2D eigenvalue weighted by Crippen LogP contribution is 2.27. The van der Waals surface area contributed by atoms with Crippen molar-refractivity contribution in [3.8, 4) is 0 Å². The largest absolute Gasteiger partial charge is 0.378 e. The maximum Gasteiger partial charge on any atom is 0.152 e. The summed E-state index contributed by atoms with van der Waals surface area (Å²) in [6, 6.07) is 5.40. The summed E-state index contributed by atoms with van der Waals surface area (Å²) in [5.74, 6) is 0. The molecule has 18 heavy (non-hydrogen) atoms. The molecule has 0 atom stereocenters. The lowest BCUT2D eigenvalue weighted by Gasteiger charge is -2.34. The van der Waals surface area contributed by atoms with E-state index in [1.54, 1.807) is 12.1 Å². The Morgan fingerprint density at radius 2 is 2.17 bits per heavy atom. The zero-order valence-electron chi connectivity index (χ0n) is 10.6. The van der Waals surface area contributed by atoms with Gasteiger partial charge in [-0.25, -0.2) is 0 Å². The summed E-state index contributed by atoms with van der Waals surface area (Å²) in [5, 5.41) is 0.669. The van der Waals surface area contributed by atoms with Gasteiger partial charge in [-0.1, -0.05) is 11.6 Å². The fourth-order valence-corrected chi connectivity index (χ4v) is 2.56. The van der Waals surface area contributed by atoms with Crippen molar-refractivity contribution >= 4 is 23.6 Å². The quantitative estimate of drug-likeness (QED) is 0.785. The lowest BCUT2D eigenvalue weighted by atomic mass is 10.1. The third-order valence-corrected chi connectivity index (χ3v) is 3.54. The van der Waals surface area contributed by atoms with Crippen LogP contribution in [0.1, 0.15) is 30.1 Å². The van der Waals surface area contributed by atoms with Crippen molar-refractivity contribution in [2.75, 3.05) is 24.6 Å². The summed E-state index contributed by atoms with van der Waals surface area (Å²) in [7, 11) is 0. The number of nitrogens with zero attached hydrogens (tertiary/aromatic N) is 1. The van der Waals surface area contributed by atoms with Crippen LogP contribution in [-0.4, -0.2) is 32.1 Å². The van der Waals surface area contributed by atoms with E-state index in [2.05, 4.69) is 4.90 Å². The molecule has 0 bridgehead atoms. The summed E-state index contributed by atoms with van der Waals surface area (Å²) < 4.78 is 5.63. The highest BCUT2D eigenvalue weighted by molar-refractivity contribution is 6.31. The second kappa shape index (κ2) is 6.21. The first kappa shape index (κ1) is 13.4. The highest BCUT2D eigenvalue weighted by atomic mass is 35.5. The van der Waals surface area contributed by atoms with E-state index in [-0.39, 0.29) is 0 Å². The number of halogens is 1. The Kier molecular flexibility index (Phi) is 4.61. The van der Waals surface area contributed by atoms with Crippen molar-refractivity contribution in [2.24, 2.45) is 0 Å². The third-order valence-electron chi connectivity index (χ3n) is 3.30. The van der Waals surface area contributed by atoms with Gasteiger partial charge in [0.2, 0.25) is 0 Å². The van der Waals surface area contributed by atoms with Gasteiger partial charge in [0, 0.05) is 36.0 Å². The Balaban J connectivity index is 2.09. The summed E-state index contributed by atoms with van der Waals surface area (Å²) >= 11 is 6.00. The van der Waals surface area contributed by atoms with Gasteiger partial charge in [0.25, 0.3) is 0 Å². The number of carbonyl (C=O) groups excluding carboxylic acids is 1. The second-order valence-corrected chi connectivity index (χ2v) is 4.90. The maximum atomic E-state index is 11.1. The fraction of sp³-hybridized carbons (Fsp3) is 0.500. The Bertz CT molecular complexity index is 414. The molecule has 1 aliphatic heterocycles. The number of hydrogen-bond acceptors (Lipinski definition) is 3. The van der Waals surface area contributed by atoms with Crippen molar-refractivity contribution in [3.63, 3.8) is 0 Å². The first-order valence-electron chi connectivity index (χ1n) is 6.36. The monoisotopic (exact) mass is 267 g/mol. The molecule has 4 heteroatoms. The van der Waals surface area contributed by atoms with E-state index >= 15 is 0 Å². The SMILES string of the molecule is CCOC1CCN(c2cc(Cl)ccc2C=O)CC1. The molecule has 0 saturated carbocycles. The van der Waals surface area contributed by atoms with E-state index in [1.165, 1.54) is 0 Å². The summed E-state index contributed by atoms with van der Waals surface area (Å²) in [4.78, 5) is 13.3. The van der Waals surface area contributed by atoms with E-state index in [0.29, 0.717) is 16.7 Å². The Morgan fingerprint density at radius 3 is 2.78 bits per heavy atom. The van der Waals surface area contributed by atoms with Crippen molar-refractivity contribution in [1.82, 2.24) is 0 Å². The van der Waals surface area contributed by atoms with E-state index < -0.39 is 0 Å². The number of benzene rings is 1. The average molecular weight is 268 g/mol. The van der Waals surface area contributed by atoms with Crippen LogP contribution >= 0.6 is 11.6 Å². The summed E-state index contributed by atoms with van der Waals surface area (Å²) in [5.41, 5.74) is 1.64. The van der Waals surface area contributed by atoms with Gasteiger partial charge < -0.3 is 9.64 Å². The molecule has 1 aromatic carbocycles. The molecule has 1 saturated heterocycles. The van der Waals surface area contributed by atoms with E-state index in [0.717, 1.165) is 44.5 Å². The van der Waals surface area contributed by atoms with Crippen molar-refractivity contribution in [2.45, 2.75) is 25.9 Å². The van der Waals surface area contributed by atoms with Gasteiger partial charge in [0.05, 0.1) is 6.10 Å². The Morgan fingerprint density at radius 1 is 1.44 bits per heavy atom. The van der Waals surface area contributed by atoms with Crippen LogP contribution in [0.5, 0.6) is 0 Å². The predicted octanol–water partition coefficient (Wildman–Crippen LogP) is 3.16. The molecule has 2 rings (SSSR count). The zero-order chi connectivity index (χ0) is 13.0. The maximum absolute atomic E-state index is 11.1. The molecule has 1 fully saturated rings. The lowest BCUT2D eigenvalue weighted by molar-refractivity contribution is 0.0459. The van der Waals surface area contributed by atoms with E-state index in [4.69, 9.17) is 16.3 Å². The average Bonchev–Trinajstić information content (AvgIpc) is 2.40. The fourth-order valence-electron chi connectivity index (χ4n) is 2.39. The smallest absolute Gasteiger partial charge is 0.152 e. The molecule has 0 aliphatic carbocycles. The molecule has 0 aromatic heterocycles. The van der Waals surface area contributed by atoms with E-state index in [1.807, 2.05) is 13.0 Å². The summed E-state index contributed by atoms with van der Waals surface area (Å²) in [6.07, 6.45) is 3.24. The summed E-state index contributed by atoms with van der Waals surface area (Å²) in [6.45, 7) is 4.60. The van der Waals surface area contributed by atoms with Crippen LogP contribution in [0.4, 0.5) is 5.69 Å². The zero-order valence-corrected chi connectivity index (χ0v) is 11.3. The topological polar surface area (TPSA) is 29.5 Å². The molecular formula is C14H18ClNO2. The normalized spacial score (nSPS) is 16.9. The van der Waals surface area contributed by atoms with Gasteiger partial charge in [-0.05, 0) is 38.0 Å². The first-order chi connectivity index (χ1) is 8.74. The minimum Gasteiger partial charge on any atom is -0.378 e. The molecule has 0 N–H and O–H groups in total.